The molecule has 74 valence electrons. The highest BCUT2D eigenvalue weighted by Gasteiger charge is 2.27. The quantitative estimate of drug-likeness (QED) is 0.687. The first-order valence-corrected chi connectivity index (χ1v) is 3.66. The van der Waals surface area contributed by atoms with Gasteiger partial charge in [0.15, 0.2) is 0 Å². The molecule has 6 heteroatoms. The molecule has 0 spiro atoms. The van der Waals surface area contributed by atoms with Gasteiger partial charge in [0.25, 0.3) is 0 Å². The van der Waals surface area contributed by atoms with Gasteiger partial charge in [-0.3, -0.25) is 4.79 Å². The molecule has 1 N–H and O–H groups in total. The van der Waals surface area contributed by atoms with Crippen LogP contribution in [0.15, 0.2) is 0 Å². The summed E-state index contributed by atoms with van der Waals surface area (Å²) in [7, 11) is 0. The van der Waals surface area contributed by atoms with E-state index in [0.29, 0.717) is 6.42 Å². The molecule has 0 aromatic rings. The lowest BCUT2D eigenvalue weighted by atomic mass is 10.2. The third-order valence-electron chi connectivity index (χ3n) is 1.18. The standard InChI is InChI=1S/C7H9F3N2O/c8-7(9,10)5-12-6(13)3-1-2-4-11/h1-3,5H2,(H,12,13). The van der Waals surface area contributed by atoms with Crippen LogP contribution in [0.5, 0.6) is 0 Å². The van der Waals surface area contributed by atoms with Crippen LogP contribution in [0.25, 0.3) is 0 Å². The lowest BCUT2D eigenvalue weighted by Gasteiger charge is -2.07. The van der Waals surface area contributed by atoms with Crippen LogP contribution in [0, 0.1) is 11.3 Å². The number of nitrogens with zero attached hydrogens (tertiary/aromatic N) is 1. The SMILES string of the molecule is N#CCCCC(=O)NCC(F)(F)F. The van der Waals surface area contributed by atoms with Gasteiger partial charge in [0, 0.05) is 12.8 Å². The van der Waals surface area contributed by atoms with E-state index in [9.17, 15) is 18.0 Å². The maximum Gasteiger partial charge on any atom is 0.405 e. The Morgan fingerprint density at radius 1 is 1.46 bits per heavy atom. The van der Waals surface area contributed by atoms with Gasteiger partial charge < -0.3 is 5.32 Å². The highest BCUT2D eigenvalue weighted by atomic mass is 19.4. The van der Waals surface area contributed by atoms with Crippen molar-refractivity contribution in [3.63, 3.8) is 0 Å². The minimum absolute atomic E-state index is 0.0381. The molecule has 0 fully saturated rings. The number of nitriles is 1. The smallest absolute Gasteiger partial charge is 0.347 e. The van der Waals surface area contributed by atoms with E-state index in [2.05, 4.69) is 0 Å². The summed E-state index contributed by atoms with van der Waals surface area (Å²) in [5.41, 5.74) is 0. The number of amides is 1. The fraction of sp³-hybridized carbons (Fsp3) is 0.714. The highest BCUT2D eigenvalue weighted by Crippen LogP contribution is 2.12. The molecule has 0 aliphatic heterocycles. The second-order valence-corrected chi connectivity index (χ2v) is 2.40. The summed E-state index contributed by atoms with van der Waals surface area (Å²) in [6.07, 6.45) is -3.94. The van der Waals surface area contributed by atoms with E-state index < -0.39 is 18.6 Å². The predicted molar refractivity (Wildman–Crippen MR) is 38.5 cm³/mol. The first kappa shape index (κ1) is 11.8. The van der Waals surface area contributed by atoms with E-state index in [1.54, 1.807) is 11.4 Å². The van der Waals surface area contributed by atoms with E-state index in [1.807, 2.05) is 0 Å². The van der Waals surface area contributed by atoms with Gasteiger partial charge in [0.2, 0.25) is 5.91 Å². The van der Waals surface area contributed by atoms with Crippen molar-refractivity contribution in [3.8, 4) is 6.07 Å². The Morgan fingerprint density at radius 2 is 2.08 bits per heavy atom. The summed E-state index contributed by atoms with van der Waals surface area (Å²) >= 11 is 0. The second-order valence-electron chi connectivity index (χ2n) is 2.40. The molecule has 0 atom stereocenters. The molecule has 0 aliphatic rings. The molecule has 0 saturated carbocycles. The summed E-state index contributed by atoms with van der Waals surface area (Å²) in [5.74, 6) is -0.674. The van der Waals surface area contributed by atoms with Gasteiger partial charge in [-0.1, -0.05) is 0 Å². The Kier molecular flexibility index (Phi) is 4.89. The molecule has 0 unspecified atom stereocenters. The van der Waals surface area contributed by atoms with Crippen LogP contribution in [0.2, 0.25) is 0 Å². The summed E-state index contributed by atoms with van der Waals surface area (Å²) in [4.78, 5) is 10.6. The van der Waals surface area contributed by atoms with Crippen LogP contribution in [-0.4, -0.2) is 18.6 Å². The summed E-state index contributed by atoms with van der Waals surface area (Å²) < 4.78 is 34.6. The van der Waals surface area contributed by atoms with Crippen molar-refractivity contribution >= 4 is 5.91 Å². The van der Waals surface area contributed by atoms with Gasteiger partial charge in [0.1, 0.15) is 6.54 Å². The number of hydrogen-bond donors (Lipinski definition) is 1. The third kappa shape index (κ3) is 8.66. The number of nitrogens with one attached hydrogen (secondary N) is 1. The molecule has 0 aromatic heterocycles. The predicted octanol–water partition coefficient (Wildman–Crippen LogP) is 1.36. The molecule has 0 bridgehead atoms. The number of unbranched alkanes of at least 4 members (excludes halogenated alkanes) is 1. The normalized spacial score (nSPS) is 10.6. The van der Waals surface area contributed by atoms with Crippen molar-refractivity contribution in [2.45, 2.75) is 25.4 Å². The number of halogens is 3. The van der Waals surface area contributed by atoms with E-state index in [-0.39, 0.29) is 12.8 Å². The van der Waals surface area contributed by atoms with Crippen molar-refractivity contribution in [1.82, 2.24) is 5.32 Å². The third-order valence-corrected chi connectivity index (χ3v) is 1.18. The van der Waals surface area contributed by atoms with Gasteiger partial charge in [-0.05, 0) is 6.42 Å². The molecule has 0 saturated heterocycles. The van der Waals surface area contributed by atoms with E-state index in [4.69, 9.17) is 5.26 Å². The monoisotopic (exact) mass is 194 g/mol. The Labute approximate surface area is 73.5 Å². The summed E-state index contributed by atoms with van der Waals surface area (Å²) in [5, 5.41) is 9.78. The van der Waals surface area contributed by atoms with Crippen LogP contribution in [0.3, 0.4) is 0 Å². The maximum atomic E-state index is 11.5. The molecule has 13 heavy (non-hydrogen) atoms. The first-order chi connectivity index (χ1) is 5.95. The number of carbonyl (C=O) groups excluding carboxylic acids is 1. The van der Waals surface area contributed by atoms with Crippen LogP contribution >= 0.6 is 0 Å². The molecule has 1 amide bonds. The average Bonchev–Trinajstić information content (AvgIpc) is 2.00. The molecule has 0 radical (unpaired) electrons. The van der Waals surface area contributed by atoms with Crippen LogP contribution in [0.1, 0.15) is 19.3 Å². The van der Waals surface area contributed by atoms with Crippen LogP contribution in [-0.2, 0) is 4.79 Å². The Bertz CT molecular complexity index is 207. The number of hydrogen-bond acceptors (Lipinski definition) is 2. The molecule has 0 heterocycles. The summed E-state index contributed by atoms with van der Waals surface area (Å²) in [6.45, 7) is -1.31. The van der Waals surface area contributed by atoms with E-state index in [1.165, 1.54) is 0 Å². The van der Waals surface area contributed by atoms with Crippen molar-refractivity contribution in [2.24, 2.45) is 0 Å². The topological polar surface area (TPSA) is 52.9 Å². The van der Waals surface area contributed by atoms with Crippen molar-refractivity contribution < 1.29 is 18.0 Å². The number of rotatable bonds is 4. The zero-order chi connectivity index (χ0) is 10.3. The lowest BCUT2D eigenvalue weighted by molar-refractivity contribution is -0.138. The second kappa shape index (κ2) is 5.41. The van der Waals surface area contributed by atoms with Gasteiger partial charge in [-0.15, -0.1) is 0 Å². The molecule has 0 aliphatic carbocycles. The minimum atomic E-state index is -4.37. The van der Waals surface area contributed by atoms with Crippen LogP contribution < -0.4 is 5.32 Å². The maximum absolute atomic E-state index is 11.5. The Balaban J connectivity index is 3.48. The van der Waals surface area contributed by atoms with Gasteiger partial charge in [0.05, 0.1) is 6.07 Å². The first-order valence-electron chi connectivity index (χ1n) is 3.66. The molecule has 0 rings (SSSR count). The molecular formula is C7H9F3N2O. The van der Waals surface area contributed by atoms with Crippen molar-refractivity contribution in [3.05, 3.63) is 0 Å². The highest BCUT2D eigenvalue weighted by molar-refractivity contribution is 5.75. The lowest BCUT2D eigenvalue weighted by Crippen LogP contribution is -2.33. The largest absolute Gasteiger partial charge is 0.405 e. The number of alkyl halides is 3. The average molecular weight is 194 g/mol. The summed E-state index contributed by atoms with van der Waals surface area (Å²) in [6, 6.07) is 1.79. The number of carbonyl (C=O) groups is 1. The van der Waals surface area contributed by atoms with Gasteiger partial charge >= 0.3 is 6.18 Å². The van der Waals surface area contributed by atoms with Crippen molar-refractivity contribution in [1.29, 1.82) is 5.26 Å². The fourth-order valence-electron chi connectivity index (χ4n) is 0.615. The molecule has 0 aromatic carbocycles. The Morgan fingerprint density at radius 3 is 2.54 bits per heavy atom. The fourth-order valence-corrected chi connectivity index (χ4v) is 0.615. The van der Waals surface area contributed by atoms with E-state index in [0.717, 1.165) is 0 Å². The van der Waals surface area contributed by atoms with Gasteiger partial charge in [-0.2, -0.15) is 18.4 Å². The Hall–Kier alpha value is -1.25. The van der Waals surface area contributed by atoms with E-state index >= 15 is 0 Å². The zero-order valence-corrected chi connectivity index (χ0v) is 6.82. The van der Waals surface area contributed by atoms with Gasteiger partial charge in [-0.25, -0.2) is 0 Å². The molecular weight excluding hydrogens is 185 g/mol. The van der Waals surface area contributed by atoms with Crippen LogP contribution in [0.4, 0.5) is 13.2 Å². The zero-order valence-electron chi connectivity index (χ0n) is 6.82. The molecule has 3 nitrogen and oxygen atoms in total. The minimum Gasteiger partial charge on any atom is -0.347 e. The van der Waals surface area contributed by atoms with Crippen molar-refractivity contribution in [2.75, 3.05) is 6.54 Å².